The fourth-order valence-electron chi connectivity index (χ4n) is 3.82. The monoisotopic (exact) mass is 302 g/mol. The molecular weight excluding hydrogens is 270 g/mol. The third kappa shape index (κ3) is 5.48. The van der Waals surface area contributed by atoms with Gasteiger partial charge in [-0.2, -0.15) is 0 Å². The Hall–Kier alpha value is -0.220. The molecule has 2 saturated heterocycles. The molecule has 0 aromatic rings. The van der Waals surface area contributed by atoms with Crippen LogP contribution in [0.2, 0.25) is 0 Å². The maximum atomic E-state index is 14.4. The van der Waals surface area contributed by atoms with Gasteiger partial charge in [-0.25, -0.2) is 8.78 Å². The lowest BCUT2D eigenvalue weighted by Crippen LogP contribution is -2.44. The normalized spacial score (nSPS) is 24.4. The molecule has 2 aliphatic rings. The Morgan fingerprint density at radius 2 is 1.57 bits per heavy atom. The Labute approximate surface area is 128 Å². The summed E-state index contributed by atoms with van der Waals surface area (Å²) in [5.74, 6) is -2.15. The molecule has 2 aliphatic heterocycles. The van der Waals surface area contributed by atoms with E-state index in [1.54, 1.807) is 0 Å². The number of hydrogen-bond donors (Lipinski definition) is 1. The van der Waals surface area contributed by atoms with Gasteiger partial charge in [0.1, 0.15) is 0 Å². The lowest BCUT2D eigenvalue weighted by atomic mass is 9.80. The lowest BCUT2D eigenvalue weighted by Gasteiger charge is -2.39. The van der Waals surface area contributed by atoms with Gasteiger partial charge in [0, 0.05) is 18.9 Å². The third-order valence-corrected chi connectivity index (χ3v) is 4.93. The molecule has 0 amide bonds. The zero-order valence-corrected chi connectivity index (χ0v) is 13.9. The number of hydrogen-bond acceptors (Lipinski definition) is 2. The van der Waals surface area contributed by atoms with E-state index in [1.807, 2.05) is 20.8 Å². The van der Waals surface area contributed by atoms with Crippen molar-refractivity contribution < 1.29 is 8.78 Å². The lowest BCUT2D eigenvalue weighted by molar-refractivity contribution is -0.104. The highest BCUT2D eigenvalue weighted by Crippen LogP contribution is 2.41. The Morgan fingerprint density at radius 3 is 2.10 bits per heavy atom. The smallest absolute Gasteiger partial charge is 0.251 e. The van der Waals surface area contributed by atoms with Crippen LogP contribution < -0.4 is 5.32 Å². The van der Waals surface area contributed by atoms with Crippen LogP contribution in [0.25, 0.3) is 0 Å². The van der Waals surface area contributed by atoms with Crippen molar-refractivity contribution in [3.8, 4) is 0 Å². The summed E-state index contributed by atoms with van der Waals surface area (Å²) < 4.78 is 28.7. The van der Waals surface area contributed by atoms with Crippen molar-refractivity contribution in [3.63, 3.8) is 0 Å². The summed E-state index contributed by atoms with van der Waals surface area (Å²) in [5, 5.41) is 3.38. The van der Waals surface area contributed by atoms with Crippen LogP contribution in [0.3, 0.4) is 0 Å². The molecule has 0 spiro atoms. The van der Waals surface area contributed by atoms with Crippen LogP contribution in [0.5, 0.6) is 0 Å². The molecule has 1 N–H and O–H groups in total. The van der Waals surface area contributed by atoms with E-state index in [4.69, 9.17) is 0 Å². The van der Waals surface area contributed by atoms with E-state index in [1.165, 1.54) is 12.8 Å². The molecule has 21 heavy (non-hydrogen) atoms. The highest BCUT2D eigenvalue weighted by molar-refractivity contribution is 4.87. The minimum atomic E-state index is -2.50. The van der Waals surface area contributed by atoms with Crippen LogP contribution in [0.4, 0.5) is 8.78 Å². The summed E-state index contributed by atoms with van der Waals surface area (Å²) >= 11 is 0. The summed E-state index contributed by atoms with van der Waals surface area (Å²) in [6.45, 7) is 10.8. The topological polar surface area (TPSA) is 15.3 Å². The Kier molecular flexibility index (Phi) is 5.64. The van der Waals surface area contributed by atoms with Crippen molar-refractivity contribution in [2.24, 2.45) is 17.3 Å². The standard InChI is InChI=1S/C17H32F2N2/c1-16(2,3)13-17(18,19)15-6-10-21(11-7-15)12-14-4-8-20-9-5-14/h14-15,20H,4-13H2,1-3H3. The molecule has 0 aromatic heterocycles. The molecule has 0 aliphatic carbocycles. The molecule has 0 atom stereocenters. The average Bonchev–Trinajstić information content (AvgIpc) is 2.38. The van der Waals surface area contributed by atoms with Gasteiger partial charge in [0.05, 0.1) is 0 Å². The Bertz CT molecular complexity index is 311. The molecule has 2 nitrogen and oxygen atoms in total. The quantitative estimate of drug-likeness (QED) is 0.850. The van der Waals surface area contributed by atoms with Gasteiger partial charge in [-0.1, -0.05) is 20.8 Å². The first kappa shape index (κ1) is 17.1. The number of likely N-dealkylation sites (tertiary alicyclic amines) is 1. The van der Waals surface area contributed by atoms with Crippen LogP contribution in [0.15, 0.2) is 0 Å². The number of piperidine rings is 2. The highest BCUT2D eigenvalue weighted by atomic mass is 19.3. The fraction of sp³-hybridized carbons (Fsp3) is 1.00. The summed E-state index contributed by atoms with van der Waals surface area (Å²) in [6.07, 6.45) is 3.81. The largest absolute Gasteiger partial charge is 0.317 e. The molecule has 0 aromatic carbocycles. The van der Waals surface area contributed by atoms with Crippen LogP contribution in [0.1, 0.15) is 52.9 Å². The minimum absolute atomic E-state index is 0.0129. The van der Waals surface area contributed by atoms with Gasteiger partial charge in [-0.05, 0) is 63.2 Å². The SMILES string of the molecule is CC(C)(C)CC(F)(F)C1CCN(CC2CCNCC2)CC1. The van der Waals surface area contributed by atoms with Gasteiger partial charge in [0.2, 0.25) is 0 Å². The fourth-order valence-corrected chi connectivity index (χ4v) is 3.82. The highest BCUT2D eigenvalue weighted by Gasteiger charge is 2.43. The molecule has 0 saturated carbocycles. The van der Waals surface area contributed by atoms with Crippen LogP contribution in [-0.4, -0.2) is 43.5 Å². The van der Waals surface area contributed by atoms with Crippen molar-refractivity contribution in [1.82, 2.24) is 10.2 Å². The van der Waals surface area contributed by atoms with Gasteiger partial charge in [-0.3, -0.25) is 0 Å². The molecule has 0 radical (unpaired) electrons. The maximum absolute atomic E-state index is 14.4. The molecule has 0 bridgehead atoms. The van der Waals surface area contributed by atoms with E-state index in [-0.39, 0.29) is 11.8 Å². The summed E-state index contributed by atoms with van der Waals surface area (Å²) in [6, 6.07) is 0. The second-order valence-electron chi connectivity index (χ2n) is 8.27. The number of alkyl halides is 2. The summed E-state index contributed by atoms with van der Waals surface area (Å²) in [4.78, 5) is 2.42. The zero-order valence-electron chi connectivity index (χ0n) is 13.9. The van der Waals surface area contributed by atoms with Crippen molar-refractivity contribution >= 4 is 0 Å². The first-order chi connectivity index (χ1) is 9.76. The number of halogens is 2. The van der Waals surface area contributed by atoms with Crippen molar-refractivity contribution in [3.05, 3.63) is 0 Å². The van der Waals surface area contributed by atoms with E-state index in [0.29, 0.717) is 12.8 Å². The third-order valence-electron chi connectivity index (χ3n) is 4.93. The van der Waals surface area contributed by atoms with Crippen molar-refractivity contribution in [1.29, 1.82) is 0 Å². The molecule has 2 fully saturated rings. The van der Waals surface area contributed by atoms with E-state index in [0.717, 1.165) is 38.6 Å². The van der Waals surface area contributed by atoms with Gasteiger partial charge in [0.25, 0.3) is 5.92 Å². The average molecular weight is 302 g/mol. The Balaban J connectivity index is 1.77. The number of nitrogens with zero attached hydrogens (tertiary/aromatic N) is 1. The number of nitrogens with one attached hydrogen (secondary N) is 1. The molecule has 2 rings (SSSR count). The predicted octanol–water partition coefficient (Wildman–Crippen LogP) is 3.77. The van der Waals surface area contributed by atoms with Crippen LogP contribution in [-0.2, 0) is 0 Å². The molecule has 4 heteroatoms. The van der Waals surface area contributed by atoms with E-state index in [2.05, 4.69) is 10.2 Å². The zero-order chi connectivity index (χ0) is 15.5. The van der Waals surface area contributed by atoms with Gasteiger partial charge in [0.15, 0.2) is 0 Å². The van der Waals surface area contributed by atoms with Crippen molar-refractivity contribution in [2.45, 2.75) is 58.8 Å². The first-order valence-electron chi connectivity index (χ1n) is 8.57. The van der Waals surface area contributed by atoms with Crippen LogP contribution in [0, 0.1) is 17.3 Å². The Morgan fingerprint density at radius 1 is 1.00 bits per heavy atom. The minimum Gasteiger partial charge on any atom is -0.317 e. The van der Waals surface area contributed by atoms with Gasteiger partial charge in [-0.15, -0.1) is 0 Å². The number of rotatable bonds is 4. The maximum Gasteiger partial charge on any atom is 0.251 e. The first-order valence-corrected chi connectivity index (χ1v) is 8.57. The predicted molar refractivity (Wildman–Crippen MR) is 83.8 cm³/mol. The van der Waals surface area contributed by atoms with E-state index in [9.17, 15) is 8.78 Å². The molecule has 0 unspecified atom stereocenters. The molecular formula is C17H32F2N2. The second-order valence-corrected chi connectivity index (χ2v) is 8.27. The van der Waals surface area contributed by atoms with Gasteiger partial charge < -0.3 is 10.2 Å². The summed E-state index contributed by atoms with van der Waals surface area (Å²) in [7, 11) is 0. The summed E-state index contributed by atoms with van der Waals surface area (Å²) in [5.41, 5.74) is -0.296. The van der Waals surface area contributed by atoms with E-state index >= 15 is 0 Å². The van der Waals surface area contributed by atoms with E-state index < -0.39 is 11.8 Å². The second kappa shape index (κ2) is 6.91. The van der Waals surface area contributed by atoms with Gasteiger partial charge >= 0.3 is 0 Å². The van der Waals surface area contributed by atoms with Crippen LogP contribution >= 0.6 is 0 Å². The molecule has 2 heterocycles. The molecule has 124 valence electrons. The van der Waals surface area contributed by atoms with Crippen molar-refractivity contribution in [2.75, 3.05) is 32.7 Å².